The Morgan fingerprint density at radius 1 is 0.871 bits per heavy atom. The van der Waals surface area contributed by atoms with Gasteiger partial charge in [-0.1, -0.05) is 48.9 Å². The molecule has 0 atom stereocenters. The number of rotatable bonds is 5. The van der Waals surface area contributed by atoms with E-state index in [2.05, 4.69) is 68.8 Å². The van der Waals surface area contributed by atoms with Crippen LogP contribution in [-0.2, 0) is 6.54 Å². The summed E-state index contributed by atoms with van der Waals surface area (Å²) >= 11 is 0. The summed E-state index contributed by atoms with van der Waals surface area (Å²) in [6.07, 6.45) is 6.00. The van der Waals surface area contributed by atoms with Gasteiger partial charge < -0.3 is 5.73 Å². The van der Waals surface area contributed by atoms with Crippen LogP contribution in [0.15, 0.2) is 48.5 Å². The fourth-order valence-electron chi connectivity index (χ4n) is 5.02. The van der Waals surface area contributed by atoms with E-state index in [0.29, 0.717) is 17.7 Å². The highest BCUT2D eigenvalue weighted by Crippen LogP contribution is 2.35. The monoisotopic (exact) mass is 416 g/mol. The zero-order chi connectivity index (χ0) is 21.0. The molecule has 0 unspecified atom stereocenters. The smallest absolute Gasteiger partial charge is 0.240 e. The zero-order valence-corrected chi connectivity index (χ0v) is 18.1. The van der Waals surface area contributed by atoms with Crippen LogP contribution in [0.1, 0.15) is 49.1 Å². The Kier molecular flexibility index (Phi) is 6.00. The van der Waals surface area contributed by atoms with Crippen LogP contribution >= 0.6 is 0 Å². The van der Waals surface area contributed by atoms with Gasteiger partial charge in [0.05, 0.1) is 5.52 Å². The van der Waals surface area contributed by atoms with Crippen LogP contribution in [0, 0.1) is 0 Å². The third-order valence-corrected chi connectivity index (χ3v) is 6.67. The molecule has 0 spiro atoms. The lowest BCUT2D eigenvalue weighted by molar-refractivity contribution is 0.205. The lowest BCUT2D eigenvalue weighted by Crippen LogP contribution is -2.35. The van der Waals surface area contributed by atoms with Gasteiger partial charge in [0.1, 0.15) is 5.82 Å². The fraction of sp³-hybridized carbons (Fsp3) is 0.440. The Bertz CT molecular complexity index is 1010. The maximum absolute atomic E-state index is 6.48. The van der Waals surface area contributed by atoms with E-state index in [9.17, 15) is 0 Å². The first-order chi connectivity index (χ1) is 15.3. The number of aromatic nitrogens is 2. The van der Waals surface area contributed by atoms with E-state index in [-0.39, 0.29) is 0 Å². The highest BCUT2D eigenvalue weighted by molar-refractivity contribution is 5.92. The molecule has 2 aliphatic heterocycles. The van der Waals surface area contributed by atoms with Crippen molar-refractivity contribution in [3.8, 4) is 0 Å². The normalized spacial score (nSPS) is 19.0. The van der Waals surface area contributed by atoms with Gasteiger partial charge in [-0.15, -0.1) is 0 Å². The SMILES string of the molecule is Nc1nc(NN2CCCCC2)nc2cccc(C3CCN(Cc4ccccc4)CC3)c12. The zero-order valence-electron chi connectivity index (χ0n) is 18.1. The molecule has 2 fully saturated rings. The number of nitrogens with two attached hydrogens (primary N) is 1. The average molecular weight is 417 g/mol. The molecular formula is C25H32N6. The van der Waals surface area contributed by atoms with Crippen molar-refractivity contribution in [2.45, 2.75) is 44.6 Å². The quantitative estimate of drug-likeness (QED) is 0.642. The molecule has 0 aliphatic carbocycles. The highest BCUT2D eigenvalue weighted by atomic mass is 15.5. The van der Waals surface area contributed by atoms with Crippen molar-refractivity contribution in [2.75, 3.05) is 37.3 Å². The molecule has 0 bridgehead atoms. The lowest BCUT2D eigenvalue weighted by atomic mass is 9.87. The predicted octanol–water partition coefficient (Wildman–Crippen LogP) is 4.40. The van der Waals surface area contributed by atoms with E-state index in [4.69, 9.17) is 10.7 Å². The van der Waals surface area contributed by atoms with Crippen LogP contribution in [0.25, 0.3) is 10.9 Å². The molecule has 0 amide bonds. The van der Waals surface area contributed by atoms with Gasteiger partial charge >= 0.3 is 0 Å². The summed E-state index contributed by atoms with van der Waals surface area (Å²) in [6, 6.07) is 17.1. The van der Waals surface area contributed by atoms with Crippen molar-refractivity contribution in [3.63, 3.8) is 0 Å². The maximum Gasteiger partial charge on any atom is 0.240 e. The third-order valence-electron chi connectivity index (χ3n) is 6.67. The molecule has 6 heteroatoms. The van der Waals surface area contributed by atoms with Gasteiger partial charge in [0, 0.05) is 25.0 Å². The number of piperidine rings is 2. The van der Waals surface area contributed by atoms with Crippen LogP contribution in [0.4, 0.5) is 11.8 Å². The van der Waals surface area contributed by atoms with E-state index >= 15 is 0 Å². The number of benzene rings is 2. The Morgan fingerprint density at radius 2 is 1.65 bits per heavy atom. The first kappa shape index (κ1) is 20.2. The molecule has 0 radical (unpaired) electrons. The molecule has 2 aliphatic rings. The number of hydrogen-bond acceptors (Lipinski definition) is 6. The summed E-state index contributed by atoms with van der Waals surface area (Å²) in [5.74, 6) is 1.70. The van der Waals surface area contributed by atoms with Crippen LogP contribution in [0.5, 0.6) is 0 Å². The fourth-order valence-corrected chi connectivity index (χ4v) is 5.02. The van der Waals surface area contributed by atoms with Crippen LogP contribution in [0.2, 0.25) is 0 Å². The molecule has 2 saturated heterocycles. The lowest BCUT2D eigenvalue weighted by Gasteiger charge is -2.32. The standard InChI is InChI=1S/C25H32N6/c26-24-23-21(20-12-16-30(17-13-20)18-19-8-3-1-4-9-19)10-7-11-22(23)27-25(28-24)29-31-14-5-2-6-15-31/h1,3-4,7-11,20H,2,5-6,12-18H2,(H3,26,27,28,29). The van der Waals surface area contributed by atoms with Crippen molar-refractivity contribution in [1.82, 2.24) is 19.9 Å². The Labute approximate surface area is 184 Å². The highest BCUT2D eigenvalue weighted by Gasteiger charge is 2.24. The topological polar surface area (TPSA) is 70.3 Å². The number of nitrogens with one attached hydrogen (secondary N) is 1. The summed E-state index contributed by atoms with van der Waals surface area (Å²) in [5, 5.41) is 3.24. The van der Waals surface area contributed by atoms with Gasteiger partial charge in [0.25, 0.3) is 0 Å². The molecule has 3 heterocycles. The second kappa shape index (κ2) is 9.20. The van der Waals surface area contributed by atoms with E-state index in [1.54, 1.807) is 0 Å². The van der Waals surface area contributed by atoms with E-state index in [0.717, 1.165) is 56.5 Å². The Hall–Kier alpha value is -2.70. The summed E-state index contributed by atoms with van der Waals surface area (Å²) in [5.41, 5.74) is 13.5. The first-order valence-electron chi connectivity index (χ1n) is 11.6. The second-order valence-corrected chi connectivity index (χ2v) is 8.87. The van der Waals surface area contributed by atoms with E-state index < -0.39 is 0 Å². The Balaban J connectivity index is 1.31. The van der Waals surface area contributed by atoms with Crippen molar-refractivity contribution < 1.29 is 0 Å². The van der Waals surface area contributed by atoms with Crippen LogP contribution < -0.4 is 11.2 Å². The third kappa shape index (κ3) is 4.65. The molecule has 6 nitrogen and oxygen atoms in total. The number of nitrogen functional groups attached to an aromatic ring is 1. The van der Waals surface area contributed by atoms with Gasteiger partial charge in [-0.05, 0) is 61.9 Å². The van der Waals surface area contributed by atoms with Crippen molar-refractivity contribution >= 4 is 22.7 Å². The largest absolute Gasteiger partial charge is 0.383 e. The van der Waals surface area contributed by atoms with Crippen LogP contribution in [0.3, 0.4) is 0 Å². The van der Waals surface area contributed by atoms with Gasteiger partial charge in [0.2, 0.25) is 5.95 Å². The molecule has 162 valence electrons. The minimum atomic E-state index is 0.502. The number of anilines is 2. The number of nitrogens with zero attached hydrogens (tertiary/aromatic N) is 4. The number of hydrogen-bond donors (Lipinski definition) is 2. The summed E-state index contributed by atoms with van der Waals surface area (Å²) in [7, 11) is 0. The van der Waals surface area contributed by atoms with Crippen LogP contribution in [-0.4, -0.2) is 46.1 Å². The Morgan fingerprint density at radius 3 is 2.42 bits per heavy atom. The average Bonchev–Trinajstić information content (AvgIpc) is 2.80. The summed E-state index contributed by atoms with van der Waals surface area (Å²) in [6.45, 7) is 5.29. The summed E-state index contributed by atoms with van der Waals surface area (Å²) < 4.78 is 0. The van der Waals surface area contributed by atoms with Crippen molar-refractivity contribution in [3.05, 3.63) is 59.7 Å². The molecule has 3 N–H and O–H groups in total. The number of hydrazine groups is 1. The molecule has 3 aromatic rings. The minimum Gasteiger partial charge on any atom is -0.383 e. The van der Waals surface area contributed by atoms with E-state index in [1.165, 1.54) is 30.4 Å². The van der Waals surface area contributed by atoms with Gasteiger partial charge in [0.15, 0.2) is 0 Å². The number of fused-ring (bicyclic) bond motifs is 1. The molecule has 0 saturated carbocycles. The van der Waals surface area contributed by atoms with Gasteiger partial charge in [-0.3, -0.25) is 10.3 Å². The minimum absolute atomic E-state index is 0.502. The van der Waals surface area contributed by atoms with Crippen molar-refractivity contribution in [2.24, 2.45) is 0 Å². The molecular weight excluding hydrogens is 384 g/mol. The van der Waals surface area contributed by atoms with E-state index in [1.807, 2.05) is 0 Å². The second-order valence-electron chi connectivity index (χ2n) is 8.87. The predicted molar refractivity (Wildman–Crippen MR) is 127 cm³/mol. The van der Waals surface area contributed by atoms with Gasteiger partial charge in [-0.2, -0.15) is 4.98 Å². The molecule has 5 rings (SSSR count). The van der Waals surface area contributed by atoms with Gasteiger partial charge in [-0.25, -0.2) is 9.99 Å². The first-order valence-corrected chi connectivity index (χ1v) is 11.6. The maximum atomic E-state index is 6.48. The van der Waals surface area contributed by atoms with Crippen molar-refractivity contribution in [1.29, 1.82) is 0 Å². The number of likely N-dealkylation sites (tertiary alicyclic amines) is 1. The summed E-state index contributed by atoms with van der Waals surface area (Å²) in [4.78, 5) is 12.0. The molecule has 2 aromatic carbocycles. The molecule has 1 aromatic heterocycles. The molecule has 31 heavy (non-hydrogen) atoms.